The smallest absolute Gasteiger partial charge is 0.354 e. The first kappa shape index (κ1) is 26.5. The van der Waals surface area contributed by atoms with Gasteiger partial charge in [-0.05, 0) is 19.1 Å². The summed E-state index contributed by atoms with van der Waals surface area (Å²) in [7, 11) is 0. The fraction of sp³-hybridized carbons (Fsp3) is 0.333. The van der Waals surface area contributed by atoms with E-state index in [-0.39, 0.29) is 12.7 Å². The molecule has 1 unspecified atom stereocenters. The average Bonchev–Trinajstić information content (AvgIpc) is 2.67. The molecule has 2 rings (SSSR count). The van der Waals surface area contributed by atoms with E-state index in [1.165, 1.54) is 6.92 Å². The van der Waals surface area contributed by atoms with E-state index in [4.69, 9.17) is 16.3 Å². The fourth-order valence-electron chi connectivity index (χ4n) is 2.67. The van der Waals surface area contributed by atoms with Crippen LogP contribution < -0.4 is 10.9 Å². The highest BCUT2D eigenvalue weighted by Gasteiger charge is 2.41. The van der Waals surface area contributed by atoms with Crippen LogP contribution >= 0.6 is 11.6 Å². The summed E-state index contributed by atoms with van der Waals surface area (Å²) in [5.74, 6) is -0.960. The van der Waals surface area contributed by atoms with Crippen molar-refractivity contribution in [1.82, 2.24) is 9.55 Å². The second-order valence-corrected chi connectivity index (χ2v) is 6.61. The third-order valence-corrected chi connectivity index (χ3v) is 4.41. The molecule has 1 atom stereocenters. The number of rotatable bonds is 6. The van der Waals surface area contributed by atoms with Crippen LogP contribution in [0, 0.1) is 0 Å². The van der Waals surface area contributed by atoms with Crippen LogP contribution in [0.2, 0.25) is 5.02 Å². The molecule has 182 valence electrons. The molecule has 0 saturated heterocycles. The van der Waals surface area contributed by atoms with Gasteiger partial charge in [0, 0.05) is 18.4 Å². The highest BCUT2D eigenvalue weighted by Crippen LogP contribution is 2.40. The van der Waals surface area contributed by atoms with Crippen molar-refractivity contribution in [2.24, 2.45) is 0 Å². The summed E-state index contributed by atoms with van der Waals surface area (Å²) >= 11 is 5.42. The van der Waals surface area contributed by atoms with Gasteiger partial charge in [0.25, 0.3) is 5.56 Å². The summed E-state index contributed by atoms with van der Waals surface area (Å²) in [4.78, 5) is 15.3. The Bertz CT molecular complexity index is 1090. The molecule has 0 saturated carbocycles. The van der Waals surface area contributed by atoms with Crippen LogP contribution in [0.1, 0.15) is 35.5 Å². The van der Waals surface area contributed by atoms with Crippen molar-refractivity contribution < 1.29 is 44.3 Å². The molecule has 1 aromatic carbocycles. The molecule has 0 fully saturated rings. The number of nitrogens with one attached hydrogen (secondary N) is 1. The predicted octanol–water partition coefficient (Wildman–Crippen LogP) is 6.20. The Morgan fingerprint density at radius 2 is 1.73 bits per heavy atom. The Balaban J connectivity index is 2.72. The zero-order valence-electron chi connectivity index (χ0n) is 16.3. The summed E-state index contributed by atoms with van der Waals surface area (Å²) < 4.78 is 124. The van der Waals surface area contributed by atoms with Crippen molar-refractivity contribution in [3.8, 4) is 0 Å². The molecule has 0 aliphatic rings. The molecule has 15 heteroatoms. The van der Waals surface area contributed by atoms with Crippen molar-refractivity contribution >= 4 is 23.7 Å². The quantitative estimate of drug-likeness (QED) is 0.372. The van der Waals surface area contributed by atoms with Crippen LogP contribution in [0.25, 0.3) is 6.20 Å². The number of ether oxygens (including phenoxy) is 1. The molecule has 1 N–H and O–H groups in total. The van der Waals surface area contributed by atoms with Crippen molar-refractivity contribution in [2.45, 2.75) is 31.7 Å². The molecule has 2 aromatic rings. The fourth-order valence-corrected chi connectivity index (χ4v) is 2.91. The van der Waals surface area contributed by atoms with Crippen LogP contribution in [0.5, 0.6) is 0 Å². The highest BCUT2D eigenvalue weighted by atomic mass is 35.5. The average molecular weight is 510 g/mol. The van der Waals surface area contributed by atoms with Crippen LogP contribution in [0.15, 0.2) is 29.6 Å². The first-order chi connectivity index (χ1) is 15.0. The Morgan fingerprint density at radius 1 is 1.12 bits per heavy atom. The molecule has 33 heavy (non-hydrogen) atoms. The van der Waals surface area contributed by atoms with Gasteiger partial charge < -0.3 is 10.1 Å². The summed E-state index contributed by atoms with van der Waals surface area (Å²) in [6, 6.07) is 0.630. The lowest BCUT2D eigenvalue weighted by Crippen LogP contribution is -2.29. The molecular weight excluding hydrogens is 497 g/mol. The first-order valence-electron chi connectivity index (χ1n) is 8.70. The molecule has 0 bridgehead atoms. The predicted molar refractivity (Wildman–Crippen MR) is 99.3 cm³/mol. The summed E-state index contributed by atoms with van der Waals surface area (Å²) in [5, 5.41) is 0.758. The van der Waals surface area contributed by atoms with E-state index >= 15 is 0 Å². The topological polar surface area (TPSA) is 56.1 Å². The highest BCUT2D eigenvalue weighted by molar-refractivity contribution is 6.31. The number of benzene rings is 1. The summed E-state index contributed by atoms with van der Waals surface area (Å²) in [5.41, 5.74) is -7.56. The number of hydrogen-bond acceptors (Lipinski definition) is 4. The lowest BCUT2D eigenvalue weighted by molar-refractivity contribution is -0.144. The number of hydrogen-bond donors (Lipinski definition) is 1. The van der Waals surface area contributed by atoms with Crippen LogP contribution in [0.4, 0.5) is 45.5 Å². The van der Waals surface area contributed by atoms with E-state index in [9.17, 15) is 44.3 Å². The second kappa shape index (κ2) is 9.25. The van der Waals surface area contributed by atoms with Crippen LogP contribution in [0.3, 0.4) is 0 Å². The Labute approximate surface area is 184 Å². The molecule has 0 radical (unpaired) electrons. The zero-order valence-corrected chi connectivity index (χ0v) is 17.0. The monoisotopic (exact) mass is 509 g/mol. The normalized spacial score (nSPS) is 13.7. The summed E-state index contributed by atoms with van der Waals surface area (Å²) in [6.07, 6.45) is -16.9. The largest absolute Gasteiger partial charge is 0.435 e. The molecule has 5 nitrogen and oxygen atoms in total. The van der Waals surface area contributed by atoms with Crippen molar-refractivity contribution in [1.29, 1.82) is 0 Å². The number of nitrogens with zero attached hydrogens (tertiary/aromatic N) is 2. The van der Waals surface area contributed by atoms with Gasteiger partial charge in [-0.2, -0.15) is 39.5 Å². The van der Waals surface area contributed by atoms with E-state index in [0.29, 0.717) is 22.9 Å². The summed E-state index contributed by atoms with van der Waals surface area (Å²) in [6.45, 7) is 4.19. The van der Waals surface area contributed by atoms with Crippen LogP contribution in [-0.4, -0.2) is 16.2 Å². The van der Waals surface area contributed by atoms with Gasteiger partial charge in [0.2, 0.25) is 5.95 Å². The number of aromatic nitrogens is 2. The SMILES string of the molecule is C=Cn1c(NC(OCC)c2ccc(C(F)(F)F)cc2C(F)(F)F)nc(C(F)(F)F)c(Cl)c1=O. The maximum Gasteiger partial charge on any atom is 0.435 e. The van der Waals surface area contributed by atoms with E-state index in [1.807, 2.05) is 0 Å². The molecule has 1 aromatic heterocycles. The Morgan fingerprint density at radius 3 is 2.18 bits per heavy atom. The minimum atomic E-state index is -5.30. The number of halogens is 10. The van der Waals surface area contributed by atoms with Gasteiger partial charge in [0.05, 0.1) is 11.1 Å². The standard InChI is InChI=1S/C18H13ClF9N3O2/c1-3-31-14(32)11(19)12(18(26,27)28)29-15(31)30-13(33-4-2)9-6-5-8(16(20,21)22)7-10(9)17(23,24)25/h3,5-7,13H,1,4H2,2H3,(H,29,30). The van der Waals surface area contributed by atoms with Crippen molar-refractivity contribution in [2.75, 3.05) is 11.9 Å². The van der Waals surface area contributed by atoms with Crippen molar-refractivity contribution in [3.63, 3.8) is 0 Å². The van der Waals surface area contributed by atoms with E-state index in [1.54, 1.807) is 0 Å². The molecule has 1 heterocycles. The molecule has 0 aliphatic carbocycles. The van der Waals surface area contributed by atoms with Gasteiger partial charge in [-0.3, -0.25) is 9.36 Å². The van der Waals surface area contributed by atoms with Gasteiger partial charge in [0.15, 0.2) is 11.9 Å². The van der Waals surface area contributed by atoms with Gasteiger partial charge in [-0.1, -0.05) is 24.2 Å². The molecule has 0 amide bonds. The second-order valence-electron chi connectivity index (χ2n) is 6.23. The van der Waals surface area contributed by atoms with Gasteiger partial charge in [-0.15, -0.1) is 0 Å². The third kappa shape index (κ3) is 5.79. The molecule has 0 aliphatic heterocycles. The van der Waals surface area contributed by atoms with E-state index < -0.39 is 63.7 Å². The van der Waals surface area contributed by atoms with Gasteiger partial charge in [0.1, 0.15) is 5.02 Å². The van der Waals surface area contributed by atoms with Crippen LogP contribution in [-0.2, 0) is 23.3 Å². The number of anilines is 1. The molecular formula is C18H13ClF9N3O2. The maximum atomic E-state index is 13.5. The first-order valence-corrected chi connectivity index (χ1v) is 9.08. The minimum Gasteiger partial charge on any atom is -0.354 e. The van der Waals surface area contributed by atoms with Crippen molar-refractivity contribution in [3.05, 3.63) is 62.5 Å². The van der Waals surface area contributed by atoms with E-state index in [2.05, 4.69) is 16.9 Å². The maximum absolute atomic E-state index is 13.5. The Kier molecular flexibility index (Phi) is 7.43. The zero-order chi connectivity index (χ0) is 25.4. The lowest BCUT2D eigenvalue weighted by atomic mass is 10.0. The van der Waals surface area contributed by atoms with Gasteiger partial charge >= 0.3 is 18.5 Å². The van der Waals surface area contributed by atoms with E-state index in [0.717, 1.165) is 0 Å². The third-order valence-electron chi connectivity index (χ3n) is 4.07. The van der Waals surface area contributed by atoms with Gasteiger partial charge in [-0.25, -0.2) is 4.98 Å². The number of alkyl halides is 9. The lowest BCUT2D eigenvalue weighted by Gasteiger charge is -2.25. The molecule has 0 spiro atoms. The Hall–Kier alpha value is -2.74. The minimum absolute atomic E-state index is 0.167.